The maximum atomic E-state index is 12.3. The number of nitrogens with one attached hydrogen (secondary N) is 1. The molecule has 2 heterocycles. The van der Waals surface area contributed by atoms with Crippen LogP contribution in [0.3, 0.4) is 0 Å². The first-order valence-electron chi connectivity index (χ1n) is 8.12. The number of aromatic nitrogens is 2. The summed E-state index contributed by atoms with van der Waals surface area (Å²) in [6.07, 6.45) is 2.81. The van der Waals surface area contributed by atoms with Crippen molar-refractivity contribution in [2.45, 2.75) is 26.4 Å². The average Bonchev–Trinajstić information content (AvgIpc) is 2.56. The molecule has 0 radical (unpaired) electrons. The number of halogens is 1. The minimum atomic E-state index is -0.0450. The lowest BCUT2D eigenvalue weighted by molar-refractivity contribution is -0.908. The fraction of sp³-hybridized carbons (Fsp3) is 0.263. The zero-order valence-corrected chi connectivity index (χ0v) is 15.5. The van der Waals surface area contributed by atoms with Crippen LogP contribution in [0.5, 0.6) is 0 Å². The fourth-order valence-electron chi connectivity index (χ4n) is 2.83. The van der Waals surface area contributed by atoms with E-state index in [1.807, 2.05) is 12.1 Å². The molecule has 24 heavy (non-hydrogen) atoms. The molecule has 1 atom stereocenters. The summed E-state index contributed by atoms with van der Waals surface area (Å²) in [5.41, 5.74) is 4.11. The van der Waals surface area contributed by atoms with E-state index in [2.05, 4.69) is 59.2 Å². The number of pyridine rings is 1. The summed E-state index contributed by atoms with van der Waals surface area (Å²) in [7, 11) is 2.12. The van der Waals surface area contributed by atoms with Gasteiger partial charge in [0.1, 0.15) is 24.4 Å². The van der Waals surface area contributed by atoms with Gasteiger partial charge in [0.15, 0.2) is 0 Å². The van der Waals surface area contributed by atoms with Gasteiger partial charge in [-0.25, -0.2) is 4.98 Å². The molecule has 1 unspecified atom stereocenters. The van der Waals surface area contributed by atoms with E-state index < -0.39 is 0 Å². The lowest BCUT2D eigenvalue weighted by Gasteiger charge is -2.14. The van der Waals surface area contributed by atoms with Gasteiger partial charge in [-0.2, -0.15) is 0 Å². The number of rotatable bonds is 5. The summed E-state index contributed by atoms with van der Waals surface area (Å²) in [6.45, 7) is 3.79. The molecule has 1 aromatic carbocycles. The van der Waals surface area contributed by atoms with Crippen LogP contribution in [0, 0.1) is 0 Å². The SMILES string of the molecule is CCc1ccc(C[NH+](C)Cc2cc(=O)n3cc(Br)ccc3n2)cc1. The third kappa shape index (κ3) is 3.91. The van der Waals surface area contributed by atoms with Crippen molar-refractivity contribution in [3.63, 3.8) is 0 Å². The Morgan fingerprint density at radius 3 is 2.50 bits per heavy atom. The molecule has 3 rings (SSSR count). The molecule has 0 amide bonds. The number of hydrogen-bond donors (Lipinski definition) is 1. The largest absolute Gasteiger partial charge is 0.329 e. The molecule has 0 saturated carbocycles. The van der Waals surface area contributed by atoms with E-state index >= 15 is 0 Å². The molecule has 0 aliphatic heterocycles. The van der Waals surface area contributed by atoms with Gasteiger partial charge in [-0.3, -0.25) is 9.20 Å². The van der Waals surface area contributed by atoms with Gasteiger partial charge in [-0.15, -0.1) is 0 Å². The fourth-order valence-corrected chi connectivity index (χ4v) is 3.17. The Labute approximate surface area is 149 Å². The molecular weight excluding hydrogens is 366 g/mol. The molecule has 5 heteroatoms. The molecule has 1 N–H and O–H groups in total. The summed E-state index contributed by atoms with van der Waals surface area (Å²) in [6, 6.07) is 14.1. The van der Waals surface area contributed by atoms with Crippen molar-refractivity contribution in [3.05, 3.63) is 80.3 Å². The van der Waals surface area contributed by atoms with Crippen LogP contribution in [0.25, 0.3) is 5.65 Å². The Bertz CT molecular complexity index is 903. The second-order valence-electron chi connectivity index (χ2n) is 6.14. The monoisotopic (exact) mass is 386 g/mol. The van der Waals surface area contributed by atoms with Gasteiger partial charge in [0.2, 0.25) is 0 Å². The Kier molecular flexibility index (Phi) is 5.11. The lowest BCUT2D eigenvalue weighted by atomic mass is 10.1. The van der Waals surface area contributed by atoms with Crippen molar-refractivity contribution in [1.29, 1.82) is 0 Å². The number of aryl methyl sites for hydroxylation is 1. The topological polar surface area (TPSA) is 38.8 Å². The van der Waals surface area contributed by atoms with Gasteiger partial charge in [0.05, 0.1) is 7.05 Å². The van der Waals surface area contributed by atoms with Crippen molar-refractivity contribution in [2.75, 3.05) is 7.05 Å². The third-order valence-electron chi connectivity index (χ3n) is 4.10. The zero-order valence-electron chi connectivity index (χ0n) is 13.9. The van der Waals surface area contributed by atoms with Crippen molar-refractivity contribution in [2.24, 2.45) is 0 Å². The van der Waals surface area contributed by atoms with Crippen LogP contribution in [0.4, 0.5) is 0 Å². The van der Waals surface area contributed by atoms with E-state index in [1.165, 1.54) is 16.0 Å². The van der Waals surface area contributed by atoms with E-state index in [0.717, 1.165) is 29.7 Å². The molecule has 0 saturated heterocycles. The van der Waals surface area contributed by atoms with Crippen LogP contribution in [0.15, 0.2) is 57.9 Å². The third-order valence-corrected chi connectivity index (χ3v) is 4.57. The van der Waals surface area contributed by atoms with E-state index in [-0.39, 0.29) is 5.56 Å². The minimum absolute atomic E-state index is 0.0450. The average molecular weight is 387 g/mol. The Morgan fingerprint density at radius 1 is 1.08 bits per heavy atom. The van der Waals surface area contributed by atoms with Crippen LogP contribution < -0.4 is 10.5 Å². The summed E-state index contributed by atoms with van der Waals surface area (Å²) in [5, 5.41) is 0. The smallest absolute Gasteiger partial charge is 0.258 e. The molecule has 2 aromatic heterocycles. The second kappa shape index (κ2) is 7.28. The van der Waals surface area contributed by atoms with Crippen LogP contribution in [-0.2, 0) is 19.5 Å². The normalized spacial score (nSPS) is 12.5. The molecule has 4 nitrogen and oxygen atoms in total. The number of fused-ring (bicyclic) bond motifs is 1. The van der Waals surface area contributed by atoms with Gasteiger partial charge < -0.3 is 4.90 Å². The highest BCUT2D eigenvalue weighted by molar-refractivity contribution is 9.10. The Morgan fingerprint density at radius 2 is 1.79 bits per heavy atom. The standard InChI is InChI=1S/C19H20BrN3O/c1-3-14-4-6-15(7-5-14)11-22(2)13-17-10-19(24)23-12-16(20)8-9-18(23)21-17/h4-10,12H,3,11,13H2,1-2H3/p+1. The zero-order chi connectivity index (χ0) is 17.1. The molecule has 3 aromatic rings. The maximum Gasteiger partial charge on any atom is 0.258 e. The lowest BCUT2D eigenvalue weighted by Crippen LogP contribution is -3.06. The van der Waals surface area contributed by atoms with Crippen LogP contribution in [0.2, 0.25) is 0 Å². The molecule has 0 fully saturated rings. The molecule has 0 aliphatic rings. The summed E-state index contributed by atoms with van der Waals surface area (Å²) in [4.78, 5) is 18.2. The first kappa shape index (κ1) is 16.9. The minimum Gasteiger partial charge on any atom is -0.329 e. The Balaban J connectivity index is 1.76. The van der Waals surface area contributed by atoms with Crippen molar-refractivity contribution < 1.29 is 4.90 Å². The van der Waals surface area contributed by atoms with Crippen LogP contribution in [0.1, 0.15) is 23.7 Å². The van der Waals surface area contributed by atoms with Gasteiger partial charge in [-0.05, 0) is 40.0 Å². The predicted octanol–water partition coefficient (Wildman–Crippen LogP) is 2.23. The highest BCUT2D eigenvalue weighted by Gasteiger charge is 2.09. The highest BCUT2D eigenvalue weighted by Crippen LogP contribution is 2.09. The van der Waals surface area contributed by atoms with E-state index in [9.17, 15) is 4.79 Å². The number of nitrogens with zero attached hydrogens (tertiary/aromatic N) is 2. The summed E-state index contributed by atoms with van der Waals surface area (Å²) >= 11 is 3.38. The van der Waals surface area contributed by atoms with Crippen LogP contribution >= 0.6 is 15.9 Å². The highest BCUT2D eigenvalue weighted by atomic mass is 79.9. The van der Waals surface area contributed by atoms with Gasteiger partial charge in [0, 0.05) is 22.3 Å². The van der Waals surface area contributed by atoms with Gasteiger partial charge in [0.25, 0.3) is 5.56 Å². The Hall–Kier alpha value is -1.98. The summed E-state index contributed by atoms with van der Waals surface area (Å²) in [5.74, 6) is 0. The van der Waals surface area contributed by atoms with Crippen LogP contribution in [-0.4, -0.2) is 16.4 Å². The number of benzene rings is 1. The quantitative estimate of drug-likeness (QED) is 0.730. The molecule has 0 aliphatic carbocycles. The first-order valence-corrected chi connectivity index (χ1v) is 8.91. The predicted molar refractivity (Wildman–Crippen MR) is 99.3 cm³/mol. The second-order valence-corrected chi connectivity index (χ2v) is 7.06. The maximum absolute atomic E-state index is 12.3. The van der Waals surface area contributed by atoms with Crippen molar-refractivity contribution >= 4 is 21.6 Å². The van der Waals surface area contributed by atoms with Gasteiger partial charge in [-0.1, -0.05) is 31.2 Å². The van der Waals surface area contributed by atoms with E-state index in [4.69, 9.17) is 0 Å². The van der Waals surface area contributed by atoms with E-state index in [0.29, 0.717) is 5.65 Å². The number of hydrogen-bond acceptors (Lipinski definition) is 2. The molecular formula is C19H21BrN3O+. The molecule has 0 bridgehead atoms. The first-order chi connectivity index (χ1) is 11.5. The van der Waals surface area contributed by atoms with E-state index in [1.54, 1.807) is 16.7 Å². The summed E-state index contributed by atoms with van der Waals surface area (Å²) < 4.78 is 2.43. The number of quaternary nitrogens is 1. The molecule has 124 valence electrons. The van der Waals surface area contributed by atoms with Gasteiger partial charge >= 0.3 is 0 Å². The van der Waals surface area contributed by atoms with Crippen molar-refractivity contribution in [1.82, 2.24) is 9.38 Å². The molecule has 0 spiro atoms. The van der Waals surface area contributed by atoms with Crippen molar-refractivity contribution in [3.8, 4) is 0 Å².